The molecule has 0 radical (unpaired) electrons. The van der Waals surface area contributed by atoms with Crippen molar-refractivity contribution in [2.24, 2.45) is 0 Å². The molecule has 0 aliphatic rings. The van der Waals surface area contributed by atoms with E-state index < -0.39 is 26.0 Å². The molecule has 9 heteroatoms. The number of carbonyl (C=O) groups excluding carboxylic acids is 1. The van der Waals surface area contributed by atoms with Gasteiger partial charge >= 0.3 is 5.97 Å². The molecule has 5 aromatic carbocycles. The zero-order valence-corrected chi connectivity index (χ0v) is 21.2. The van der Waals surface area contributed by atoms with Crippen LogP contribution in [0.1, 0.15) is 10.4 Å². The second-order valence-electron chi connectivity index (χ2n) is 8.27. The number of rotatable bonds is 6. The maximum atomic E-state index is 14.0. The van der Waals surface area contributed by atoms with E-state index >= 15 is 0 Å². The van der Waals surface area contributed by atoms with Gasteiger partial charge < -0.3 is 4.74 Å². The monoisotopic (exact) mass is 531 g/mol. The molecule has 0 spiro atoms. The SMILES string of the molecule is COC(=O)c1cccc(N(S(=O)(=O)c2ccc3ccccc3c2)S(=O)(=O)c2ccc3ccccc3c2)c1. The van der Waals surface area contributed by atoms with Crippen LogP contribution in [0.5, 0.6) is 0 Å². The summed E-state index contributed by atoms with van der Waals surface area (Å²) in [5, 5.41) is 2.88. The predicted molar refractivity (Wildman–Crippen MR) is 143 cm³/mol. The Morgan fingerprint density at radius 3 is 1.57 bits per heavy atom. The minimum Gasteiger partial charge on any atom is -0.465 e. The Morgan fingerprint density at radius 1 is 0.595 bits per heavy atom. The van der Waals surface area contributed by atoms with Crippen LogP contribution < -0.4 is 3.71 Å². The summed E-state index contributed by atoms with van der Waals surface area (Å²) in [7, 11) is -8.14. The fourth-order valence-corrected chi connectivity index (χ4v) is 7.87. The van der Waals surface area contributed by atoms with Gasteiger partial charge in [-0.25, -0.2) is 21.6 Å². The zero-order valence-electron chi connectivity index (χ0n) is 19.6. The number of ether oxygens (including phenoxy) is 1. The van der Waals surface area contributed by atoms with Gasteiger partial charge in [0.1, 0.15) is 0 Å². The van der Waals surface area contributed by atoms with Gasteiger partial charge in [-0.1, -0.05) is 66.7 Å². The van der Waals surface area contributed by atoms with Crippen LogP contribution in [0, 0.1) is 0 Å². The van der Waals surface area contributed by atoms with Gasteiger partial charge in [0.05, 0.1) is 28.2 Å². The quantitative estimate of drug-likeness (QED) is 0.274. The fraction of sp³-hybridized carbons (Fsp3) is 0.0357. The van der Waals surface area contributed by atoms with Crippen molar-refractivity contribution in [2.75, 3.05) is 10.8 Å². The molecule has 0 N–H and O–H groups in total. The second kappa shape index (κ2) is 9.34. The van der Waals surface area contributed by atoms with Crippen molar-refractivity contribution in [2.45, 2.75) is 9.79 Å². The van der Waals surface area contributed by atoms with E-state index in [4.69, 9.17) is 4.74 Å². The summed E-state index contributed by atoms with van der Waals surface area (Å²) >= 11 is 0. The molecule has 0 fully saturated rings. The molecule has 0 bridgehead atoms. The van der Waals surface area contributed by atoms with Gasteiger partial charge in [0.25, 0.3) is 20.0 Å². The van der Waals surface area contributed by atoms with Gasteiger partial charge in [-0.2, -0.15) is 3.71 Å². The van der Waals surface area contributed by atoms with Gasteiger partial charge in [-0.05, 0) is 64.0 Å². The number of nitrogens with zero attached hydrogens (tertiary/aromatic N) is 1. The molecule has 0 atom stereocenters. The number of carbonyl (C=O) groups is 1. The summed E-state index contributed by atoms with van der Waals surface area (Å²) in [4.78, 5) is 11.8. The maximum absolute atomic E-state index is 14.0. The highest BCUT2D eigenvalue weighted by Gasteiger charge is 2.37. The molecule has 0 unspecified atom stereocenters. The molecule has 0 saturated carbocycles. The summed E-state index contributed by atoms with van der Waals surface area (Å²) in [5.41, 5.74) is -0.211. The van der Waals surface area contributed by atoms with Crippen LogP contribution in [0.3, 0.4) is 0 Å². The van der Waals surface area contributed by atoms with E-state index in [0.29, 0.717) is 14.5 Å². The minimum absolute atomic E-state index is 0.00687. The average Bonchev–Trinajstić information content (AvgIpc) is 2.92. The Bertz CT molecular complexity index is 1770. The lowest BCUT2D eigenvalue weighted by Gasteiger charge is -2.25. The molecule has 5 rings (SSSR count). The Hall–Kier alpha value is -4.21. The summed E-state index contributed by atoms with van der Waals surface area (Å²) in [5.74, 6) is -0.729. The normalized spacial score (nSPS) is 11.9. The number of benzene rings is 5. The number of hydrogen-bond donors (Lipinski definition) is 0. The lowest BCUT2D eigenvalue weighted by Crippen LogP contribution is -2.37. The first kappa shape index (κ1) is 24.5. The Labute approximate surface area is 214 Å². The van der Waals surface area contributed by atoms with Gasteiger partial charge in [0, 0.05) is 0 Å². The number of anilines is 1. The highest BCUT2D eigenvalue weighted by atomic mass is 32.3. The Kier molecular flexibility index (Phi) is 6.18. The smallest absolute Gasteiger partial charge is 0.337 e. The standard InChI is InChI=1S/C28H21NO6S2/c1-35-28(30)24-11-6-12-25(17-24)29(36(31,32)26-15-13-20-7-2-4-9-22(20)18-26)37(33,34)27-16-14-21-8-3-5-10-23(21)19-27/h2-19H,1H3. The molecule has 0 heterocycles. The lowest BCUT2D eigenvalue weighted by atomic mass is 10.1. The molecule has 0 aliphatic heterocycles. The van der Waals surface area contributed by atoms with Crippen molar-refractivity contribution in [1.82, 2.24) is 0 Å². The van der Waals surface area contributed by atoms with Crippen molar-refractivity contribution in [1.29, 1.82) is 0 Å². The fourth-order valence-electron chi connectivity index (χ4n) is 4.12. The van der Waals surface area contributed by atoms with Crippen LogP contribution in [-0.4, -0.2) is 29.9 Å². The van der Waals surface area contributed by atoms with Gasteiger partial charge in [0.2, 0.25) is 0 Å². The number of sulfonamides is 2. The summed E-state index contributed by atoms with van der Waals surface area (Å²) in [6.07, 6.45) is 0. The van der Waals surface area contributed by atoms with Crippen molar-refractivity contribution < 1.29 is 26.4 Å². The molecule has 0 aliphatic carbocycles. The highest BCUT2D eigenvalue weighted by Crippen LogP contribution is 2.33. The Balaban J connectivity index is 1.75. The molecule has 0 aromatic heterocycles. The van der Waals surface area contributed by atoms with Crippen molar-refractivity contribution in [3.63, 3.8) is 0 Å². The largest absolute Gasteiger partial charge is 0.465 e. The van der Waals surface area contributed by atoms with E-state index in [9.17, 15) is 21.6 Å². The van der Waals surface area contributed by atoms with Crippen molar-refractivity contribution >= 4 is 53.2 Å². The Morgan fingerprint density at radius 2 is 1.08 bits per heavy atom. The zero-order chi connectivity index (χ0) is 26.2. The van der Waals surface area contributed by atoms with Crippen LogP contribution in [0.2, 0.25) is 0 Å². The number of hydrogen-bond acceptors (Lipinski definition) is 6. The van der Waals surface area contributed by atoms with Crippen molar-refractivity contribution in [3.8, 4) is 0 Å². The van der Waals surface area contributed by atoms with Gasteiger partial charge in [-0.3, -0.25) is 0 Å². The van der Waals surface area contributed by atoms with E-state index in [0.717, 1.165) is 10.8 Å². The van der Waals surface area contributed by atoms with E-state index in [1.54, 1.807) is 36.4 Å². The van der Waals surface area contributed by atoms with Crippen LogP contribution in [-0.2, 0) is 24.8 Å². The van der Waals surface area contributed by atoms with Crippen LogP contribution in [0.25, 0.3) is 21.5 Å². The number of esters is 1. The third-order valence-corrected chi connectivity index (χ3v) is 10.1. The predicted octanol–water partition coefficient (Wildman–Crippen LogP) is 5.36. The molecular weight excluding hydrogens is 510 g/mol. The molecule has 7 nitrogen and oxygen atoms in total. The minimum atomic E-state index is -4.66. The molecule has 0 saturated heterocycles. The number of methoxy groups -OCH3 is 1. The van der Waals surface area contributed by atoms with E-state index in [-0.39, 0.29) is 21.0 Å². The first-order chi connectivity index (χ1) is 17.7. The first-order valence-electron chi connectivity index (χ1n) is 11.2. The summed E-state index contributed by atoms with van der Waals surface area (Å²) in [6.45, 7) is 0. The van der Waals surface area contributed by atoms with Crippen LogP contribution in [0.4, 0.5) is 5.69 Å². The van der Waals surface area contributed by atoms with Gasteiger partial charge in [-0.15, -0.1) is 0 Å². The molecule has 0 amide bonds. The second-order valence-corrected chi connectivity index (χ2v) is 12.1. The van der Waals surface area contributed by atoms with Crippen LogP contribution in [0.15, 0.2) is 119 Å². The van der Waals surface area contributed by atoms with Gasteiger partial charge in [0.15, 0.2) is 0 Å². The average molecular weight is 532 g/mol. The van der Waals surface area contributed by atoms with Crippen molar-refractivity contribution in [3.05, 3.63) is 115 Å². The maximum Gasteiger partial charge on any atom is 0.337 e. The number of fused-ring (bicyclic) bond motifs is 2. The molecule has 37 heavy (non-hydrogen) atoms. The lowest BCUT2D eigenvalue weighted by molar-refractivity contribution is 0.0600. The summed E-state index contributed by atoms with van der Waals surface area (Å²) in [6, 6.07) is 28.5. The highest BCUT2D eigenvalue weighted by molar-refractivity contribution is 8.10. The molecule has 5 aromatic rings. The van der Waals surface area contributed by atoms with E-state index in [2.05, 4.69) is 0 Å². The van der Waals surface area contributed by atoms with E-state index in [1.807, 2.05) is 24.3 Å². The first-order valence-corrected chi connectivity index (χ1v) is 14.1. The van der Waals surface area contributed by atoms with Crippen LogP contribution >= 0.6 is 0 Å². The van der Waals surface area contributed by atoms with E-state index in [1.165, 1.54) is 55.6 Å². The molecular formula is C28H21NO6S2. The third kappa shape index (κ3) is 4.43. The summed E-state index contributed by atoms with van der Waals surface area (Å²) < 4.78 is 61.3. The topological polar surface area (TPSA) is 97.8 Å². The molecule has 186 valence electrons. The third-order valence-electron chi connectivity index (χ3n) is 5.95.